The van der Waals surface area contributed by atoms with E-state index in [0.29, 0.717) is 0 Å². The highest BCUT2D eigenvalue weighted by molar-refractivity contribution is 6.41. The van der Waals surface area contributed by atoms with Crippen LogP contribution in [0.2, 0.25) is 34.9 Å². The van der Waals surface area contributed by atoms with Gasteiger partial charge in [0.1, 0.15) is 21.8 Å². The van der Waals surface area contributed by atoms with Crippen LogP contribution in [0.1, 0.15) is 124 Å². The molecule has 0 radical (unpaired) electrons. The predicted molar refractivity (Wildman–Crippen MR) is 143 cm³/mol. The fourth-order valence-electron chi connectivity index (χ4n) is 7.77. The second kappa shape index (κ2) is 13.0. The summed E-state index contributed by atoms with van der Waals surface area (Å²) in [5, 5.41) is 0. The summed E-state index contributed by atoms with van der Waals surface area (Å²) < 4.78 is 0. The first-order valence-electron chi connectivity index (χ1n) is 14.5. The lowest BCUT2D eigenvalue weighted by molar-refractivity contribution is 0.342. The zero-order chi connectivity index (χ0) is 21.3. The summed E-state index contributed by atoms with van der Waals surface area (Å²) in [5.41, 5.74) is 0. The van der Waals surface area contributed by atoms with Gasteiger partial charge in [0, 0.05) is 0 Å². The summed E-state index contributed by atoms with van der Waals surface area (Å²) in [4.78, 5) is 0. The molecule has 6 unspecified atom stereocenters. The molecule has 0 aromatic heterocycles. The molecule has 0 nitrogen and oxygen atoms in total. The van der Waals surface area contributed by atoms with Gasteiger partial charge in [-0.3, -0.25) is 0 Å². The van der Waals surface area contributed by atoms with Gasteiger partial charge in [0.25, 0.3) is 0 Å². The van der Waals surface area contributed by atoms with Crippen LogP contribution < -0.4 is 0 Å². The van der Waals surface area contributed by atoms with E-state index in [-0.39, 0.29) is 0 Å². The Hall–Kier alpha value is 0.195. The van der Waals surface area contributed by atoms with E-state index in [1.54, 1.807) is 72.3 Å². The number of hydrogen-bond acceptors (Lipinski definition) is 0. The van der Waals surface area contributed by atoms with Crippen LogP contribution in [0.15, 0.2) is 0 Å². The Kier molecular flexibility index (Phi) is 10.8. The van der Waals surface area contributed by atoms with Gasteiger partial charge in [0.15, 0.2) is 0 Å². The fourth-order valence-corrected chi connectivity index (χ4v) is 7.77. The molecular formula is C27H53B3. The second-order valence-electron chi connectivity index (χ2n) is 13.0. The van der Waals surface area contributed by atoms with Crippen molar-refractivity contribution >= 4 is 21.8 Å². The standard InChI is InChI=1S/C27H53B3/c1-20(2)22-8-5-9-24(15-14-22)29-26-12-7-13-27(19-18-26)30-25-11-6-10-23(16-17-25)28-21(3)4/h20-30H,5-19H2,1-4H3. The zero-order valence-corrected chi connectivity index (χ0v) is 21.3. The third-order valence-corrected chi connectivity index (χ3v) is 9.63. The van der Waals surface area contributed by atoms with Crippen LogP contribution in [-0.2, 0) is 0 Å². The van der Waals surface area contributed by atoms with Crippen LogP contribution in [-0.4, -0.2) is 21.8 Å². The van der Waals surface area contributed by atoms with Crippen LogP contribution in [0, 0.1) is 11.8 Å². The molecule has 3 fully saturated rings. The first kappa shape index (κ1) is 24.8. The fraction of sp³-hybridized carbons (Fsp3) is 1.00. The summed E-state index contributed by atoms with van der Waals surface area (Å²) >= 11 is 0. The Morgan fingerprint density at radius 3 is 1.33 bits per heavy atom. The van der Waals surface area contributed by atoms with Crippen molar-refractivity contribution in [1.82, 2.24) is 0 Å². The van der Waals surface area contributed by atoms with Crippen LogP contribution >= 0.6 is 0 Å². The van der Waals surface area contributed by atoms with E-state index in [0.717, 1.165) is 46.7 Å². The van der Waals surface area contributed by atoms with E-state index in [2.05, 4.69) is 27.7 Å². The Morgan fingerprint density at radius 2 is 0.867 bits per heavy atom. The van der Waals surface area contributed by atoms with Crippen molar-refractivity contribution in [3.8, 4) is 0 Å². The number of rotatable bonds is 7. The molecular weight excluding hydrogens is 357 g/mol. The van der Waals surface area contributed by atoms with Crippen molar-refractivity contribution in [2.75, 3.05) is 0 Å². The van der Waals surface area contributed by atoms with Crippen molar-refractivity contribution in [2.45, 2.75) is 159 Å². The van der Waals surface area contributed by atoms with Gasteiger partial charge in [-0.2, -0.15) is 0 Å². The van der Waals surface area contributed by atoms with E-state index in [1.807, 2.05) is 0 Å². The zero-order valence-electron chi connectivity index (χ0n) is 21.3. The molecule has 0 aliphatic heterocycles. The molecule has 170 valence electrons. The van der Waals surface area contributed by atoms with Crippen molar-refractivity contribution < 1.29 is 0 Å². The minimum absolute atomic E-state index is 0.898. The first-order chi connectivity index (χ1) is 14.5. The van der Waals surface area contributed by atoms with Crippen molar-refractivity contribution in [1.29, 1.82) is 0 Å². The molecule has 0 bridgehead atoms. The van der Waals surface area contributed by atoms with Crippen LogP contribution in [0.3, 0.4) is 0 Å². The van der Waals surface area contributed by atoms with Crippen LogP contribution in [0.25, 0.3) is 0 Å². The lowest BCUT2D eigenvalue weighted by Gasteiger charge is -2.22. The maximum atomic E-state index is 2.45. The summed E-state index contributed by atoms with van der Waals surface area (Å²) in [7, 11) is 4.65. The van der Waals surface area contributed by atoms with E-state index >= 15 is 0 Å². The molecule has 0 N–H and O–H groups in total. The van der Waals surface area contributed by atoms with Gasteiger partial charge in [-0.15, -0.1) is 0 Å². The third-order valence-electron chi connectivity index (χ3n) is 9.63. The van der Waals surface area contributed by atoms with Gasteiger partial charge in [-0.05, 0) is 11.8 Å². The highest BCUT2D eigenvalue weighted by Gasteiger charge is 2.28. The molecule has 30 heavy (non-hydrogen) atoms. The molecule has 3 aliphatic rings. The summed E-state index contributed by atoms with van der Waals surface area (Å²) in [6.45, 7) is 9.74. The van der Waals surface area contributed by atoms with Gasteiger partial charge in [0.05, 0.1) is 0 Å². The maximum absolute atomic E-state index is 2.45. The summed E-state index contributed by atoms with van der Waals surface area (Å²) in [6.07, 6.45) is 23.1. The highest BCUT2D eigenvalue weighted by atomic mass is 14.2. The van der Waals surface area contributed by atoms with Gasteiger partial charge < -0.3 is 0 Å². The Morgan fingerprint density at radius 1 is 0.467 bits per heavy atom. The maximum Gasteiger partial charge on any atom is 0.127 e. The normalized spacial score (nSPS) is 36.6. The molecule has 0 spiro atoms. The largest absolute Gasteiger partial charge is 0.127 e. The second-order valence-corrected chi connectivity index (χ2v) is 13.0. The Bertz CT molecular complexity index is 463. The third kappa shape index (κ3) is 8.62. The molecule has 3 heteroatoms. The van der Waals surface area contributed by atoms with Gasteiger partial charge in [0.2, 0.25) is 0 Å². The molecule has 3 aliphatic carbocycles. The molecule has 0 saturated heterocycles. The van der Waals surface area contributed by atoms with Crippen molar-refractivity contribution in [3.63, 3.8) is 0 Å². The van der Waals surface area contributed by atoms with Gasteiger partial charge >= 0.3 is 0 Å². The predicted octanol–water partition coefficient (Wildman–Crippen LogP) is 8.23. The molecule has 3 saturated carbocycles. The van der Waals surface area contributed by atoms with Crippen molar-refractivity contribution in [3.05, 3.63) is 0 Å². The van der Waals surface area contributed by atoms with E-state index < -0.39 is 0 Å². The summed E-state index contributed by atoms with van der Waals surface area (Å²) in [5.74, 6) is 8.15. The lowest BCUT2D eigenvalue weighted by Crippen LogP contribution is -2.13. The van der Waals surface area contributed by atoms with Crippen LogP contribution in [0.5, 0.6) is 0 Å². The molecule has 0 amide bonds. The minimum Gasteiger partial charge on any atom is -0.0710 e. The van der Waals surface area contributed by atoms with E-state index in [9.17, 15) is 0 Å². The Balaban J connectivity index is 1.37. The average molecular weight is 410 g/mol. The van der Waals surface area contributed by atoms with Gasteiger partial charge in [-0.1, -0.05) is 159 Å². The van der Waals surface area contributed by atoms with Gasteiger partial charge in [-0.25, -0.2) is 0 Å². The molecule has 3 rings (SSSR count). The SMILES string of the molecule is CC(C)BC1CCCC(BC2CCCC(BC3CCCC(C(C)C)CC3)CC2)CC1. The highest BCUT2D eigenvalue weighted by Crippen LogP contribution is 2.42. The Labute approximate surface area is 192 Å². The number of hydrogen-bond donors (Lipinski definition) is 0. The molecule has 0 heterocycles. The molecule has 6 atom stereocenters. The van der Waals surface area contributed by atoms with Crippen LogP contribution in [0.4, 0.5) is 0 Å². The summed E-state index contributed by atoms with van der Waals surface area (Å²) in [6, 6.07) is 0. The molecule has 0 aromatic rings. The first-order valence-corrected chi connectivity index (χ1v) is 14.5. The average Bonchev–Trinajstić information content (AvgIpc) is 3.15. The quantitative estimate of drug-likeness (QED) is 0.293. The minimum atomic E-state index is 0.898. The van der Waals surface area contributed by atoms with E-state index in [4.69, 9.17) is 0 Å². The molecule has 0 aromatic carbocycles. The van der Waals surface area contributed by atoms with E-state index in [1.165, 1.54) is 45.8 Å². The van der Waals surface area contributed by atoms with Crippen molar-refractivity contribution in [2.24, 2.45) is 11.8 Å². The topological polar surface area (TPSA) is 0 Å². The lowest BCUT2D eigenvalue weighted by atomic mass is 9.49. The monoisotopic (exact) mass is 410 g/mol. The smallest absolute Gasteiger partial charge is 0.0710 e.